The van der Waals surface area contributed by atoms with Crippen molar-refractivity contribution in [2.45, 2.75) is 69.7 Å². The van der Waals surface area contributed by atoms with Crippen molar-refractivity contribution in [2.75, 3.05) is 18.5 Å². The molecule has 3 aromatic rings. The number of carbonyl (C=O) groups excluding carboxylic acids is 3. The second kappa shape index (κ2) is 11.6. The Hall–Kier alpha value is -4.41. The normalized spacial score (nSPS) is 24.9. The fourth-order valence-electron chi connectivity index (χ4n) is 7.42. The van der Waals surface area contributed by atoms with E-state index in [1.807, 2.05) is 60.9 Å². The molecule has 1 aliphatic carbocycles. The minimum Gasteiger partial charge on any atom is -0.465 e. The Balaban J connectivity index is 1.22. The standard InChI is InChI=1S/C33H37FN4O6/c1-33(2)38-26-13-12-23(16-22(26)17-27(38)31(41)44-33)35-29(39)28-24(19-6-4-3-5-7-19)14-15-37(28)30(40)21-10-8-20(9-11-21)25(18-34)36-32(42)43/h3-7,12-13,16-17,20-21,24-25,28,36H,8-11,14-15,18H2,1-2H3,(H,35,39)(H,42,43)/t20?,21?,24-,25+,28-/m0/s1. The number of cyclic esters (lactones) is 1. The number of amides is 3. The Bertz CT molecular complexity index is 1600. The lowest BCUT2D eigenvalue weighted by atomic mass is 9.78. The molecule has 44 heavy (non-hydrogen) atoms. The summed E-state index contributed by atoms with van der Waals surface area (Å²) in [6, 6.07) is 15.4. The number of nitrogens with zero attached hydrogens (tertiary/aromatic N) is 2. The van der Waals surface area contributed by atoms with Crippen LogP contribution in [0.15, 0.2) is 54.6 Å². The van der Waals surface area contributed by atoms with Crippen LogP contribution in [0.25, 0.3) is 10.9 Å². The number of rotatable bonds is 7. The van der Waals surface area contributed by atoms with Gasteiger partial charge in [-0.3, -0.25) is 14.2 Å². The highest BCUT2D eigenvalue weighted by atomic mass is 19.1. The number of halogens is 1. The van der Waals surface area contributed by atoms with E-state index in [0.717, 1.165) is 16.5 Å². The lowest BCUT2D eigenvalue weighted by molar-refractivity contribution is -0.141. The summed E-state index contributed by atoms with van der Waals surface area (Å²) >= 11 is 0. The van der Waals surface area contributed by atoms with E-state index < -0.39 is 36.5 Å². The van der Waals surface area contributed by atoms with E-state index in [9.17, 15) is 23.6 Å². The van der Waals surface area contributed by atoms with E-state index in [-0.39, 0.29) is 29.6 Å². The molecule has 3 aliphatic rings. The molecule has 0 bridgehead atoms. The van der Waals surface area contributed by atoms with Gasteiger partial charge in [0.25, 0.3) is 0 Å². The van der Waals surface area contributed by atoms with Crippen LogP contribution in [-0.4, -0.2) is 63.8 Å². The number of alkyl halides is 1. The van der Waals surface area contributed by atoms with Crippen molar-refractivity contribution < 1.29 is 33.4 Å². The number of aromatic nitrogens is 1. The molecule has 0 spiro atoms. The summed E-state index contributed by atoms with van der Waals surface area (Å²) in [6.07, 6.45) is 1.47. The molecule has 3 heterocycles. The number of carbonyl (C=O) groups is 4. The summed E-state index contributed by atoms with van der Waals surface area (Å²) in [5.41, 5.74) is 2.00. The van der Waals surface area contributed by atoms with Crippen LogP contribution in [0, 0.1) is 11.8 Å². The van der Waals surface area contributed by atoms with Crippen molar-refractivity contribution in [2.24, 2.45) is 11.8 Å². The molecule has 6 rings (SSSR count). The Morgan fingerprint density at radius 2 is 1.77 bits per heavy atom. The Morgan fingerprint density at radius 3 is 2.45 bits per heavy atom. The maximum Gasteiger partial charge on any atom is 0.404 e. The summed E-state index contributed by atoms with van der Waals surface area (Å²) < 4.78 is 20.9. The summed E-state index contributed by atoms with van der Waals surface area (Å²) in [5.74, 6) is -1.45. The van der Waals surface area contributed by atoms with Crippen molar-refractivity contribution in [1.29, 1.82) is 0 Å². The molecule has 1 saturated carbocycles. The van der Waals surface area contributed by atoms with E-state index in [4.69, 9.17) is 9.84 Å². The quantitative estimate of drug-likeness (QED) is 0.317. The number of likely N-dealkylation sites (tertiary alicyclic amines) is 1. The van der Waals surface area contributed by atoms with Gasteiger partial charge in [0.2, 0.25) is 11.8 Å². The number of hydrogen-bond acceptors (Lipinski definition) is 5. The summed E-state index contributed by atoms with van der Waals surface area (Å²) in [7, 11) is 0. The molecule has 10 nitrogen and oxygen atoms in total. The molecule has 2 aromatic carbocycles. The van der Waals surface area contributed by atoms with Gasteiger partial charge in [0.15, 0.2) is 5.72 Å². The third-order valence-electron chi connectivity index (χ3n) is 9.50. The minimum atomic E-state index is -1.25. The number of esters is 1. The molecular formula is C33H37FN4O6. The molecule has 3 N–H and O–H groups in total. The predicted octanol–water partition coefficient (Wildman–Crippen LogP) is 5.24. The van der Waals surface area contributed by atoms with Crippen LogP contribution in [0.5, 0.6) is 0 Å². The van der Waals surface area contributed by atoms with Gasteiger partial charge in [-0.05, 0) is 81.7 Å². The van der Waals surface area contributed by atoms with Crippen LogP contribution in [0.3, 0.4) is 0 Å². The van der Waals surface area contributed by atoms with Gasteiger partial charge in [-0.1, -0.05) is 30.3 Å². The largest absolute Gasteiger partial charge is 0.465 e. The van der Waals surface area contributed by atoms with Gasteiger partial charge in [0.1, 0.15) is 18.4 Å². The van der Waals surface area contributed by atoms with Gasteiger partial charge >= 0.3 is 12.1 Å². The number of carboxylic acid groups (broad SMARTS) is 1. The van der Waals surface area contributed by atoms with Gasteiger partial charge in [0.05, 0.1) is 11.6 Å². The molecule has 0 unspecified atom stereocenters. The SMILES string of the molecule is CC1(C)OC(=O)c2cc3cc(NC(=O)[C@@H]4[C@H](c5ccccc5)CCN4C(=O)C4CCC([C@@H](CF)NC(=O)O)CC4)ccc3n21. The Kier molecular flexibility index (Phi) is 7.81. The summed E-state index contributed by atoms with van der Waals surface area (Å²) in [4.78, 5) is 53.1. The zero-order valence-corrected chi connectivity index (χ0v) is 24.8. The second-order valence-electron chi connectivity index (χ2n) is 12.6. The van der Waals surface area contributed by atoms with Crippen LogP contribution in [0.1, 0.15) is 67.9 Å². The lowest BCUT2D eigenvalue weighted by Gasteiger charge is -2.35. The summed E-state index contributed by atoms with van der Waals surface area (Å²) in [5, 5.41) is 15.2. The minimum absolute atomic E-state index is 0.0925. The first-order valence-electron chi connectivity index (χ1n) is 15.2. The molecule has 2 fully saturated rings. The van der Waals surface area contributed by atoms with E-state index in [1.165, 1.54) is 0 Å². The molecule has 3 amide bonds. The maximum absolute atomic E-state index is 14.0. The van der Waals surface area contributed by atoms with Gasteiger partial charge < -0.3 is 25.4 Å². The zero-order chi connectivity index (χ0) is 31.2. The fourth-order valence-corrected chi connectivity index (χ4v) is 7.42. The Morgan fingerprint density at radius 1 is 1.05 bits per heavy atom. The number of hydrogen-bond donors (Lipinski definition) is 3. The van der Waals surface area contributed by atoms with Gasteiger partial charge in [-0.15, -0.1) is 0 Å². The zero-order valence-electron chi connectivity index (χ0n) is 24.8. The number of ether oxygens (including phenoxy) is 1. The van der Waals surface area contributed by atoms with Crippen LogP contribution in [-0.2, 0) is 20.1 Å². The number of benzene rings is 2. The molecule has 3 atom stereocenters. The van der Waals surface area contributed by atoms with Gasteiger partial charge in [0, 0.05) is 29.5 Å². The Labute approximate surface area is 254 Å². The first-order valence-corrected chi connectivity index (χ1v) is 15.2. The molecule has 1 saturated heterocycles. The highest BCUT2D eigenvalue weighted by Crippen LogP contribution is 2.40. The van der Waals surface area contributed by atoms with Gasteiger partial charge in [-0.25, -0.2) is 14.0 Å². The van der Waals surface area contributed by atoms with Crippen molar-refractivity contribution in [3.8, 4) is 0 Å². The molecule has 11 heteroatoms. The average Bonchev–Trinajstić information content (AvgIpc) is 3.68. The van der Waals surface area contributed by atoms with Crippen LogP contribution in [0.2, 0.25) is 0 Å². The molecule has 2 aliphatic heterocycles. The van der Waals surface area contributed by atoms with Crippen LogP contribution < -0.4 is 10.6 Å². The van der Waals surface area contributed by atoms with Crippen molar-refractivity contribution in [1.82, 2.24) is 14.8 Å². The van der Waals surface area contributed by atoms with E-state index in [1.54, 1.807) is 17.0 Å². The topological polar surface area (TPSA) is 130 Å². The third-order valence-corrected chi connectivity index (χ3v) is 9.50. The molecule has 0 radical (unpaired) electrons. The van der Waals surface area contributed by atoms with E-state index in [2.05, 4.69) is 10.6 Å². The fraction of sp³-hybridized carbons (Fsp3) is 0.455. The lowest BCUT2D eigenvalue weighted by Crippen LogP contribution is -2.49. The monoisotopic (exact) mass is 604 g/mol. The van der Waals surface area contributed by atoms with Crippen molar-refractivity contribution >= 4 is 40.5 Å². The van der Waals surface area contributed by atoms with E-state index in [0.29, 0.717) is 50.0 Å². The highest BCUT2D eigenvalue weighted by Gasteiger charge is 2.45. The van der Waals surface area contributed by atoms with Crippen molar-refractivity contribution in [3.05, 3.63) is 65.9 Å². The predicted molar refractivity (Wildman–Crippen MR) is 161 cm³/mol. The average molecular weight is 605 g/mol. The molecular weight excluding hydrogens is 567 g/mol. The summed E-state index contributed by atoms with van der Waals surface area (Å²) in [6.45, 7) is 3.30. The van der Waals surface area contributed by atoms with Gasteiger partial charge in [-0.2, -0.15) is 0 Å². The first-order chi connectivity index (χ1) is 21.1. The number of anilines is 1. The van der Waals surface area contributed by atoms with Crippen LogP contribution >= 0.6 is 0 Å². The first kappa shape index (κ1) is 29.7. The smallest absolute Gasteiger partial charge is 0.404 e. The van der Waals surface area contributed by atoms with E-state index >= 15 is 0 Å². The maximum atomic E-state index is 14.0. The number of nitrogens with one attached hydrogen (secondary N) is 2. The van der Waals surface area contributed by atoms with Crippen molar-refractivity contribution in [3.63, 3.8) is 0 Å². The second-order valence-corrected chi connectivity index (χ2v) is 12.6. The highest BCUT2D eigenvalue weighted by molar-refractivity contribution is 6.02. The molecule has 1 aromatic heterocycles. The van der Waals surface area contributed by atoms with Crippen LogP contribution in [0.4, 0.5) is 14.9 Å². The third kappa shape index (κ3) is 5.39. The number of fused-ring (bicyclic) bond motifs is 3. The molecule has 232 valence electrons.